The minimum atomic E-state index is -0.541. The van der Waals surface area contributed by atoms with Gasteiger partial charge in [0.1, 0.15) is 5.54 Å². The summed E-state index contributed by atoms with van der Waals surface area (Å²) in [5.74, 6) is 0.654. The van der Waals surface area contributed by atoms with Gasteiger partial charge >= 0.3 is 5.97 Å². The number of esters is 1. The lowest BCUT2D eigenvalue weighted by Gasteiger charge is -2.34. The van der Waals surface area contributed by atoms with E-state index in [0.717, 1.165) is 25.4 Å². The van der Waals surface area contributed by atoms with Gasteiger partial charge in [-0.3, -0.25) is 10.1 Å². The summed E-state index contributed by atoms with van der Waals surface area (Å²) in [5, 5.41) is 3.48. The molecule has 19 heavy (non-hydrogen) atoms. The number of carbonyl (C=O) groups is 1. The van der Waals surface area contributed by atoms with Crippen molar-refractivity contribution in [3.05, 3.63) is 0 Å². The number of methoxy groups -OCH3 is 1. The van der Waals surface area contributed by atoms with E-state index in [1.54, 1.807) is 0 Å². The highest BCUT2D eigenvalue weighted by atomic mass is 16.5. The molecule has 4 heteroatoms. The van der Waals surface area contributed by atoms with Crippen molar-refractivity contribution < 1.29 is 9.53 Å². The maximum Gasteiger partial charge on any atom is 0.325 e. The summed E-state index contributed by atoms with van der Waals surface area (Å²) in [6.07, 6.45) is 4.46. The van der Waals surface area contributed by atoms with E-state index >= 15 is 0 Å². The lowest BCUT2D eigenvalue weighted by Crippen LogP contribution is -2.54. The summed E-state index contributed by atoms with van der Waals surface area (Å²) in [6.45, 7) is 8.83. The molecule has 1 aliphatic carbocycles. The summed E-state index contributed by atoms with van der Waals surface area (Å²) in [6, 6.07) is 0.925. The Morgan fingerprint density at radius 2 is 2.16 bits per heavy atom. The van der Waals surface area contributed by atoms with Crippen LogP contribution in [0.4, 0.5) is 0 Å². The van der Waals surface area contributed by atoms with Crippen LogP contribution in [-0.4, -0.2) is 48.7 Å². The zero-order chi connectivity index (χ0) is 14.0. The molecule has 0 aromatic carbocycles. The van der Waals surface area contributed by atoms with Gasteiger partial charge in [0, 0.05) is 18.6 Å². The van der Waals surface area contributed by atoms with Crippen molar-refractivity contribution in [1.29, 1.82) is 0 Å². The maximum absolute atomic E-state index is 12.1. The van der Waals surface area contributed by atoms with Gasteiger partial charge in [0.2, 0.25) is 0 Å². The second-order valence-electron chi connectivity index (χ2n) is 6.68. The van der Waals surface area contributed by atoms with Gasteiger partial charge in [-0.15, -0.1) is 0 Å². The van der Waals surface area contributed by atoms with Crippen molar-refractivity contribution in [2.24, 2.45) is 5.92 Å². The smallest absolute Gasteiger partial charge is 0.325 e. The van der Waals surface area contributed by atoms with E-state index in [9.17, 15) is 4.79 Å². The summed E-state index contributed by atoms with van der Waals surface area (Å²) in [4.78, 5) is 14.6. The van der Waals surface area contributed by atoms with Crippen LogP contribution in [0.5, 0.6) is 0 Å². The fraction of sp³-hybridized carbons (Fsp3) is 0.933. The lowest BCUT2D eigenvalue weighted by molar-refractivity contribution is -0.149. The number of carbonyl (C=O) groups excluding carboxylic acids is 1. The minimum absolute atomic E-state index is 0.126. The number of ether oxygens (including phenoxy) is 1. The van der Waals surface area contributed by atoms with Crippen molar-refractivity contribution in [3.8, 4) is 0 Å². The van der Waals surface area contributed by atoms with Gasteiger partial charge in [-0.2, -0.15) is 0 Å². The topological polar surface area (TPSA) is 41.6 Å². The van der Waals surface area contributed by atoms with Crippen LogP contribution in [0.25, 0.3) is 0 Å². The van der Waals surface area contributed by atoms with Crippen molar-refractivity contribution in [3.63, 3.8) is 0 Å². The quantitative estimate of drug-likeness (QED) is 0.746. The molecule has 0 amide bonds. The highest BCUT2D eigenvalue weighted by Crippen LogP contribution is 2.28. The number of nitrogens with one attached hydrogen (secondary N) is 1. The highest BCUT2D eigenvalue weighted by molar-refractivity contribution is 5.80. The van der Waals surface area contributed by atoms with Gasteiger partial charge in [-0.25, -0.2) is 0 Å². The first-order valence-electron chi connectivity index (χ1n) is 7.55. The van der Waals surface area contributed by atoms with Crippen LogP contribution in [-0.2, 0) is 9.53 Å². The largest absolute Gasteiger partial charge is 0.468 e. The molecule has 3 unspecified atom stereocenters. The van der Waals surface area contributed by atoms with Crippen molar-refractivity contribution >= 4 is 5.97 Å². The molecule has 2 aliphatic rings. The zero-order valence-electron chi connectivity index (χ0n) is 12.7. The monoisotopic (exact) mass is 268 g/mol. The molecular weight excluding hydrogens is 240 g/mol. The molecular formula is C15H28N2O2. The first-order chi connectivity index (χ1) is 8.94. The molecule has 1 aliphatic heterocycles. The number of hydrogen-bond donors (Lipinski definition) is 1. The third-order valence-electron chi connectivity index (χ3n) is 4.52. The molecule has 2 rings (SSSR count). The minimum Gasteiger partial charge on any atom is -0.468 e. The van der Waals surface area contributed by atoms with Crippen LogP contribution in [0.15, 0.2) is 0 Å². The maximum atomic E-state index is 12.1. The number of rotatable bonds is 6. The molecule has 0 aromatic heterocycles. The molecule has 1 saturated carbocycles. The Labute approximate surface area is 116 Å². The highest BCUT2D eigenvalue weighted by Gasteiger charge is 2.41. The van der Waals surface area contributed by atoms with E-state index in [4.69, 9.17) is 4.74 Å². The Hall–Kier alpha value is -0.610. The fourth-order valence-corrected chi connectivity index (χ4v) is 3.19. The summed E-state index contributed by atoms with van der Waals surface area (Å²) in [5.41, 5.74) is -0.541. The molecule has 0 bridgehead atoms. The number of hydrogen-bond acceptors (Lipinski definition) is 4. The fourth-order valence-electron chi connectivity index (χ4n) is 3.19. The zero-order valence-corrected chi connectivity index (χ0v) is 12.7. The van der Waals surface area contributed by atoms with Gasteiger partial charge in [0.25, 0.3) is 0 Å². The van der Waals surface area contributed by atoms with E-state index in [1.165, 1.54) is 26.4 Å². The average molecular weight is 268 g/mol. The molecule has 1 heterocycles. The van der Waals surface area contributed by atoms with E-state index in [-0.39, 0.29) is 5.97 Å². The lowest BCUT2D eigenvalue weighted by atomic mass is 9.92. The molecule has 1 N–H and O–H groups in total. The first kappa shape index (κ1) is 14.8. The molecule has 1 saturated heterocycles. The Balaban J connectivity index is 1.96. The van der Waals surface area contributed by atoms with Gasteiger partial charge in [-0.1, -0.05) is 6.92 Å². The molecule has 3 atom stereocenters. The molecule has 4 nitrogen and oxygen atoms in total. The van der Waals surface area contributed by atoms with Crippen molar-refractivity contribution in [2.75, 3.05) is 20.2 Å². The van der Waals surface area contributed by atoms with Gasteiger partial charge < -0.3 is 9.64 Å². The molecule has 110 valence electrons. The first-order valence-corrected chi connectivity index (χ1v) is 7.55. The summed E-state index contributed by atoms with van der Waals surface area (Å²) < 4.78 is 5.01. The van der Waals surface area contributed by atoms with Crippen LogP contribution < -0.4 is 5.32 Å². The summed E-state index contributed by atoms with van der Waals surface area (Å²) in [7, 11) is 1.48. The van der Waals surface area contributed by atoms with Crippen LogP contribution in [0.3, 0.4) is 0 Å². The molecule has 0 radical (unpaired) electrons. The van der Waals surface area contributed by atoms with Crippen molar-refractivity contribution in [2.45, 2.75) is 64.1 Å². The molecule has 2 fully saturated rings. The predicted octanol–water partition coefficient (Wildman–Crippen LogP) is 1.79. The van der Waals surface area contributed by atoms with Gasteiger partial charge in [0.05, 0.1) is 7.11 Å². The van der Waals surface area contributed by atoms with Crippen LogP contribution in [0.2, 0.25) is 0 Å². The Morgan fingerprint density at radius 3 is 2.63 bits per heavy atom. The van der Waals surface area contributed by atoms with Crippen LogP contribution >= 0.6 is 0 Å². The average Bonchev–Trinajstić information content (AvgIpc) is 3.06. The standard InChI is InChI=1S/C15H28N2O2/c1-11-7-8-17(10-11)12(2)9-15(3,14(18)19-4)16-13-5-6-13/h11-13,16H,5-10H2,1-4H3. The third kappa shape index (κ3) is 3.69. The Bertz CT molecular complexity index is 330. The van der Waals surface area contributed by atoms with Crippen molar-refractivity contribution in [1.82, 2.24) is 10.2 Å². The van der Waals surface area contributed by atoms with E-state index < -0.39 is 5.54 Å². The van der Waals surface area contributed by atoms with E-state index in [0.29, 0.717) is 12.1 Å². The van der Waals surface area contributed by atoms with Crippen LogP contribution in [0.1, 0.15) is 46.5 Å². The second-order valence-corrected chi connectivity index (χ2v) is 6.68. The summed E-state index contributed by atoms with van der Waals surface area (Å²) >= 11 is 0. The van der Waals surface area contributed by atoms with Crippen LogP contribution in [0, 0.1) is 5.92 Å². The number of nitrogens with zero attached hydrogens (tertiary/aromatic N) is 1. The van der Waals surface area contributed by atoms with Gasteiger partial charge in [-0.05, 0) is 52.0 Å². The van der Waals surface area contributed by atoms with Gasteiger partial charge in [0.15, 0.2) is 0 Å². The molecule has 0 spiro atoms. The second kappa shape index (κ2) is 5.80. The van der Waals surface area contributed by atoms with E-state index in [2.05, 4.69) is 24.1 Å². The Kier molecular flexibility index (Phi) is 4.51. The Morgan fingerprint density at radius 1 is 1.47 bits per heavy atom. The SMILES string of the molecule is COC(=O)C(C)(CC(C)N1CCC(C)C1)NC1CC1. The number of likely N-dealkylation sites (tertiary alicyclic amines) is 1. The predicted molar refractivity (Wildman–Crippen MR) is 76.0 cm³/mol. The third-order valence-corrected chi connectivity index (χ3v) is 4.52. The molecule has 0 aromatic rings. The van der Waals surface area contributed by atoms with E-state index in [1.807, 2.05) is 6.92 Å². The normalized spacial score (nSPS) is 28.9.